The molecule has 0 amide bonds. The van der Waals surface area contributed by atoms with Crippen molar-refractivity contribution in [3.05, 3.63) is 35.4 Å². The van der Waals surface area contributed by atoms with E-state index in [1.807, 2.05) is 0 Å². The molecule has 2 rings (SSSR count). The highest BCUT2D eigenvalue weighted by molar-refractivity contribution is 5.79. The number of aliphatic imine (C=N–C) groups is 1. The van der Waals surface area contributed by atoms with Crippen molar-refractivity contribution in [2.75, 3.05) is 47.8 Å². The molecule has 122 valence electrons. The zero-order chi connectivity index (χ0) is 16.1. The van der Waals surface area contributed by atoms with E-state index in [2.05, 4.69) is 74.1 Å². The monoisotopic (exact) mass is 302 g/mol. The molecule has 0 N–H and O–H groups in total. The van der Waals surface area contributed by atoms with Crippen molar-refractivity contribution in [3.63, 3.8) is 0 Å². The molecule has 0 aliphatic carbocycles. The summed E-state index contributed by atoms with van der Waals surface area (Å²) in [6.45, 7) is 5.33. The van der Waals surface area contributed by atoms with Gasteiger partial charge in [0.25, 0.3) is 0 Å². The van der Waals surface area contributed by atoms with Crippen LogP contribution in [0.2, 0.25) is 0 Å². The molecule has 0 aromatic heterocycles. The molecule has 22 heavy (non-hydrogen) atoms. The van der Waals surface area contributed by atoms with E-state index in [1.165, 1.54) is 37.1 Å². The van der Waals surface area contributed by atoms with Gasteiger partial charge in [0.05, 0.1) is 12.6 Å². The third-order valence-electron chi connectivity index (χ3n) is 4.25. The summed E-state index contributed by atoms with van der Waals surface area (Å²) in [7, 11) is 8.20. The van der Waals surface area contributed by atoms with E-state index in [-0.39, 0.29) is 0 Å². The number of hydrogen-bond acceptors (Lipinski definition) is 2. The van der Waals surface area contributed by atoms with E-state index in [4.69, 9.17) is 4.99 Å². The van der Waals surface area contributed by atoms with Gasteiger partial charge < -0.3 is 9.80 Å². The van der Waals surface area contributed by atoms with Crippen LogP contribution in [0.15, 0.2) is 29.3 Å². The van der Waals surface area contributed by atoms with Crippen molar-refractivity contribution in [1.29, 1.82) is 0 Å². The number of nitrogens with zero attached hydrogens (tertiary/aromatic N) is 4. The fourth-order valence-electron chi connectivity index (χ4n) is 3.12. The SMILES string of the molecule is Cc1ccc(C(CN=C(N(C)C)N(C)C)N2CCCC2)cc1. The van der Waals surface area contributed by atoms with Crippen LogP contribution in [0.5, 0.6) is 0 Å². The Kier molecular flexibility index (Phi) is 5.83. The number of likely N-dealkylation sites (tertiary alicyclic amines) is 1. The number of rotatable bonds is 4. The van der Waals surface area contributed by atoms with Gasteiger partial charge in [-0.15, -0.1) is 0 Å². The summed E-state index contributed by atoms with van der Waals surface area (Å²) < 4.78 is 0. The Balaban J connectivity index is 2.21. The molecular weight excluding hydrogens is 272 g/mol. The zero-order valence-corrected chi connectivity index (χ0v) is 14.7. The van der Waals surface area contributed by atoms with E-state index >= 15 is 0 Å². The summed E-state index contributed by atoms with van der Waals surface area (Å²) in [5.41, 5.74) is 2.70. The Morgan fingerprint density at radius 3 is 2.09 bits per heavy atom. The molecule has 1 fully saturated rings. The third kappa shape index (κ3) is 4.23. The molecule has 1 heterocycles. The second-order valence-corrected chi connectivity index (χ2v) is 6.60. The largest absolute Gasteiger partial charge is 0.349 e. The van der Waals surface area contributed by atoms with Crippen molar-refractivity contribution >= 4 is 5.96 Å². The molecule has 0 spiro atoms. The van der Waals surface area contributed by atoms with Crippen LogP contribution in [0.4, 0.5) is 0 Å². The third-order valence-corrected chi connectivity index (χ3v) is 4.25. The summed E-state index contributed by atoms with van der Waals surface area (Å²) in [4.78, 5) is 11.6. The van der Waals surface area contributed by atoms with Gasteiger partial charge in [0.2, 0.25) is 0 Å². The first-order valence-corrected chi connectivity index (χ1v) is 8.18. The predicted octanol–water partition coefficient (Wildman–Crippen LogP) is 2.61. The van der Waals surface area contributed by atoms with Gasteiger partial charge in [-0.05, 0) is 38.4 Å². The van der Waals surface area contributed by atoms with Crippen LogP contribution >= 0.6 is 0 Å². The van der Waals surface area contributed by atoms with E-state index in [0.29, 0.717) is 6.04 Å². The van der Waals surface area contributed by atoms with Crippen LogP contribution in [0.1, 0.15) is 30.0 Å². The molecule has 0 radical (unpaired) electrons. The highest BCUT2D eigenvalue weighted by Crippen LogP contribution is 2.26. The van der Waals surface area contributed by atoms with E-state index in [1.54, 1.807) is 0 Å². The Labute approximate surface area is 135 Å². The quantitative estimate of drug-likeness (QED) is 0.630. The summed E-state index contributed by atoms with van der Waals surface area (Å²) in [5, 5.41) is 0. The van der Waals surface area contributed by atoms with Crippen molar-refractivity contribution in [3.8, 4) is 0 Å². The summed E-state index contributed by atoms with van der Waals surface area (Å²) in [6, 6.07) is 9.33. The highest BCUT2D eigenvalue weighted by atomic mass is 15.3. The van der Waals surface area contributed by atoms with Gasteiger partial charge in [0, 0.05) is 28.2 Å². The van der Waals surface area contributed by atoms with E-state index < -0.39 is 0 Å². The topological polar surface area (TPSA) is 22.1 Å². The van der Waals surface area contributed by atoms with E-state index in [9.17, 15) is 0 Å². The van der Waals surface area contributed by atoms with Crippen LogP contribution in [-0.2, 0) is 0 Å². The van der Waals surface area contributed by atoms with Gasteiger partial charge >= 0.3 is 0 Å². The number of aryl methyl sites for hydroxylation is 1. The van der Waals surface area contributed by atoms with Crippen molar-refractivity contribution < 1.29 is 0 Å². The first-order valence-electron chi connectivity index (χ1n) is 8.18. The molecule has 1 aliphatic heterocycles. The summed E-state index contributed by atoms with van der Waals surface area (Å²) in [5.74, 6) is 1.02. The van der Waals surface area contributed by atoms with Gasteiger partial charge in [-0.2, -0.15) is 0 Å². The standard InChI is InChI=1S/C18H30N4/c1-15-8-10-16(11-9-15)17(22-12-6-7-13-22)14-19-18(20(2)3)21(4)5/h8-11,17H,6-7,12-14H2,1-5H3. The summed E-state index contributed by atoms with van der Waals surface area (Å²) in [6.07, 6.45) is 2.61. The van der Waals surface area contributed by atoms with Gasteiger partial charge in [0.1, 0.15) is 0 Å². The maximum atomic E-state index is 4.89. The fraction of sp³-hybridized carbons (Fsp3) is 0.611. The second-order valence-electron chi connectivity index (χ2n) is 6.60. The van der Waals surface area contributed by atoms with Gasteiger partial charge in [-0.25, -0.2) is 0 Å². The molecule has 1 aliphatic rings. The molecule has 4 heteroatoms. The molecule has 4 nitrogen and oxygen atoms in total. The lowest BCUT2D eigenvalue weighted by Gasteiger charge is -2.28. The molecule has 0 saturated carbocycles. The Morgan fingerprint density at radius 1 is 1.05 bits per heavy atom. The average molecular weight is 302 g/mol. The predicted molar refractivity (Wildman–Crippen MR) is 94.4 cm³/mol. The van der Waals surface area contributed by atoms with Crippen molar-refractivity contribution in [2.45, 2.75) is 25.8 Å². The van der Waals surface area contributed by atoms with Crippen molar-refractivity contribution in [2.24, 2.45) is 4.99 Å². The zero-order valence-electron chi connectivity index (χ0n) is 14.7. The average Bonchev–Trinajstić information content (AvgIpc) is 2.98. The molecule has 1 atom stereocenters. The lowest BCUT2D eigenvalue weighted by molar-refractivity contribution is 0.250. The first kappa shape index (κ1) is 16.8. The van der Waals surface area contributed by atoms with Crippen molar-refractivity contribution in [1.82, 2.24) is 14.7 Å². The lowest BCUT2D eigenvalue weighted by Crippen LogP contribution is -2.36. The maximum absolute atomic E-state index is 4.89. The number of guanidine groups is 1. The minimum absolute atomic E-state index is 0.387. The van der Waals surface area contributed by atoms with Gasteiger partial charge in [-0.1, -0.05) is 29.8 Å². The van der Waals surface area contributed by atoms with Crippen LogP contribution in [-0.4, -0.2) is 68.5 Å². The molecule has 1 saturated heterocycles. The number of hydrogen-bond donors (Lipinski definition) is 0. The first-order chi connectivity index (χ1) is 10.5. The lowest BCUT2D eigenvalue weighted by atomic mass is 10.0. The Hall–Kier alpha value is -1.55. The highest BCUT2D eigenvalue weighted by Gasteiger charge is 2.23. The second kappa shape index (κ2) is 7.63. The van der Waals surface area contributed by atoms with Gasteiger partial charge in [-0.3, -0.25) is 9.89 Å². The van der Waals surface area contributed by atoms with Crippen LogP contribution < -0.4 is 0 Å². The Morgan fingerprint density at radius 2 is 1.59 bits per heavy atom. The molecule has 1 unspecified atom stereocenters. The molecule has 1 aromatic carbocycles. The fourth-order valence-corrected chi connectivity index (χ4v) is 3.12. The minimum atomic E-state index is 0.387. The molecular formula is C18H30N4. The smallest absolute Gasteiger partial charge is 0.195 e. The summed E-state index contributed by atoms with van der Waals surface area (Å²) >= 11 is 0. The maximum Gasteiger partial charge on any atom is 0.195 e. The normalized spacial score (nSPS) is 16.4. The minimum Gasteiger partial charge on any atom is -0.349 e. The molecule has 0 bridgehead atoms. The Bertz CT molecular complexity index is 474. The van der Waals surface area contributed by atoms with Crippen LogP contribution in [0.3, 0.4) is 0 Å². The van der Waals surface area contributed by atoms with Gasteiger partial charge in [0.15, 0.2) is 5.96 Å². The van der Waals surface area contributed by atoms with Crippen LogP contribution in [0.25, 0.3) is 0 Å². The van der Waals surface area contributed by atoms with Crippen LogP contribution in [0, 0.1) is 6.92 Å². The van der Waals surface area contributed by atoms with E-state index in [0.717, 1.165) is 12.5 Å². The number of benzene rings is 1. The molecule has 1 aromatic rings.